The van der Waals surface area contributed by atoms with Crippen LogP contribution in [0.4, 0.5) is 4.79 Å². The summed E-state index contributed by atoms with van der Waals surface area (Å²) in [4.78, 5) is 16.6. The van der Waals surface area contributed by atoms with Crippen molar-refractivity contribution in [1.29, 1.82) is 0 Å². The van der Waals surface area contributed by atoms with E-state index in [-0.39, 0.29) is 16.7 Å². The summed E-state index contributed by atoms with van der Waals surface area (Å²) in [5.74, 6) is 0.626. The number of amidine groups is 1. The average Bonchev–Trinajstić information content (AvgIpc) is 3.35. The number of fused-ring (bicyclic) bond motifs is 2. The Bertz CT molecular complexity index is 1200. The summed E-state index contributed by atoms with van der Waals surface area (Å²) < 4.78 is 2.11. The largest absolute Gasteiger partial charge is 0.300 e. The maximum atomic E-state index is 11.6. The predicted molar refractivity (Wildman–Crippen MR) is 119 cm³/mol. The summed E-state index contributed by atoms with van der Waals surface area (Å²) in [5.41, 5.74) is 4.93. The number of nitrogens with zero attached hydrogens (tertiary/aromatic N) is 3. The highest BCUT2D eigenvalue weighted by atomic mass is 32.2. The second-order valence-electron chi connectivity index (χ2n) is 8.21. The zero-order chi connectivity index (χ0) is 20.2. The SMILES string of the molecule is CN=C1NC(=O)S/C1=C\c1ccc2nn(C3CC(C)(C)c4ccccc43)cc2c1. The van der Waals surface area contributed by atoms with Gasteiger partial charge in [0.15, 0.2) is 0 Å². The number of aliphatic imine (C=N–C) groups is 1. The van der Waals surface area contributed by atoms with Gasteiger partial charge in [0.2, 0.25) is 0 Å². The third-order valence-corrected chi connectivity index (χ3v) is 6.61. The van der Waals surface area contributed by atoms with Gasteiger partial charge in [-0.05, 0) is 58.5 Å². The predicted octanol–water partition coefficient (Wildman–Crippen LogP) is 5.13. The van der Waals surface area contributed by atoms with Crippen molar-refractivity contribution in [3.05, 3.63) is 70.3 Å². The molecule has 1 amide bonds. The summed E-state index contributed by atoms with van der Waals surface area (Å²) in [5, 5.41) is 8.64. The van der Waals surface area contributed by atoms with Gasteiger partial charge in [-0.3, -0.25) is 14.5 Å². The standard InChI is InChI=1S/C23H22N4OS/c1-23(2)12-19(16-6-4-5-7-17(16)23)27-13-15-10-14(8-9-18(15)26-27)11-20-21(24-3)25-22(28)29-20/h4-11,13,19H,12H2,1-3H3,(H,24,25,28)/b20-11-. The van der Waals surface area contributed by atoms with E-state index >= 15 is 0 Å². The van der Waals surface area contributed by atoms with Crippen LogP contribution < -0.4 is 5.32 Å². The van der Waals surface area contributed by atoms with Crippen LogP contribution in [0.1, 0.15) is 43.0 Å². The highest BCUT2D eigenvalue weighted by molar-refractivity contribution is 8.18. The summed E-state index contributed by atoms with van der Waals surface area (Å²) >= 11 is 1.18. The lowest BCUT2D eigenvalue weighted by Crippen LogP contribution is -2.18. The minimum atomic E-state index is -0.0896. The first-order chi connectivity index (χ1) is 13.9. The van der Waals surface area contributed by atoms with E-state index in [1.54, 1.807) is 7.05 Å². The zero-order valence-electron chi connectivity index (χ0n) is 16.6. The van der Waals surface area contributed by atoms with E-state index in [4.69, 9.17) is 5.10 Å². The van der Waals surface area contributed by atoms with E-state index < -0.39 is 0 Å². The summed E-state index contributed by atoms with van der Waals surface area (Å²) in [7, 11) is 1.68. The molecule has 29 heavy (non-hydrogen) atoms. The number of aromatic nitrogens is 2. The second-order valence-corrected chi connectivity index (χ2v) is 9.23. The molecule has 146 valence electrons. The monoisotopic (exact) mass is 402 g/mol. The van der Waals surface area contributed by atoms with Gasteiger partial charge >= 0.3 is 0 Å². The molecule has 1 aliphatic carbocycles. The van der Waals surface area contributed by atoms with Crippen LogP contribution in [0, 0.1) is 0 Å². The number of hydrogen-bond acceptors (Lipinski definition) is 4. The number of thioether (sulfide) groups is 1. The summed E-state index contributed by atoms with van der Waals surface area (Å²) in [6.45, 7) is 4.61. The Morgan fingerprint density at radius 2 is 2.10 bits per heavy atom. The molecule has 1 aromatic heterocycles. The van der Waals surface area contributed by atoms with Gasteiger partial charge in [-0.2, -0.15) is 5.10 Å². The molecule has 6 heteroatoms. The molecule has 1 aliphatic heterocycles. The fourth-order valence-electron chi connectivity index (χ4n) is 4.40. The molecule has 0 saturated carbocycles. The van der Waals surface area contributed by atoms with Crippen LogP contribution in [0.5, 0.6) is 0 Å². The van der Waals surface area contributed by atoms with E-state index in [0.717, 1.165) is 27.8 Å². The maximum Gasteiger partial charge on any atom is 0.289 e. The van der Waals surface area contributed by atoms with E-state index in [0.29, 0.717) is 5.84 Å². The molecular formula is C23H22N4OS. The Morgan fingerprint density at radius 1 is 1.28 bits per heavy atom. The fraction of sp³-hybridized carbons (Fsp3) is 0.261. The van der Waals surface area contributed by atoms with Crippen LogP contribution >= 0.6 is 11.8 Å². The number of nitrogens with one attached hydrogen (secondary N) is 1. The number of benzene rings is 2. The molecule has 2 heterocycles. The molecule has 5 nitrogen and oxygen atoms in total. The van der Waals surface area contributed by atoms with Crippen LogP contribution in [0.25, 0.3) is 17.0 Å². The van der Waals surface area contributed by atoms with Crippen molar-refractivity contribution >= 4 is 39.8 Å². The second kappa shape index (κ2) is 6.59. The normalized spacial score (nSPS) is 23.1. The lowest BCUT2D eigenvalue weighted by Gasteiger charge is -2.19. The van der Waals surface area contributed by atoms with Gasteiger partial charge in [0.1, 0.15) is 5.84 Å². The molecule has 1 unspecified atom stereocenters. The van der Waals surface area contributed by atoms with Crippen LogP contribution in [0.3, 0.4) is 0 Å². The van der Waals surface area contributed by atoms with E-state index in [1.165, 1.54) is 22.9 Å². The molecule has 5 rings (SSSR count). The highest BCUT2D eigenvalue weighted by Crippen LogP contribution is 2.46. The topological polar surface area (TPSA) is 59.3 Å². The third-order valence-electron chi connectivity index (χ3n) is 5.80. The summed E-state index contributed by atoms with van der Waals surface area (Å²) in [6, 6.07) is 15.2. The Hall–Kier alpha value is -2.86. The Labute approximate surface area is 173 Å². The highest BCUT2D eigenvalue weighted by Gasteiger charge is 2.37. The lowest BCUT2D eigenvalue weighted by molar-refractivity contribution is 0.265. The van der Waals surface area contributed by atoms with Crippen molar-refractivity contribution in [2.75, 3.05) is 7.05 Å². The quantitative estimate of drug-likeness (QED) is 0.646. The van der Waals surface area contributed by atoms with Gasteiger partial charge in [-0.15, -0.1) is 0 Å². The van der Waals surface area contributed by atoms with Crippen LogP contribution in [0.15, 0.2) is 58.6 Å². The van der Waals surface area contributed by atoms with E-state index in [9.17, 15) is 4.79 Å². The van der Waals surface area contributed by atoms with Crippen LogP contribution in [-0.2, 0) is 5.41 Å². The van der Waals surface area contributed by atoms with Crippen molar-refractivity contribution < 1.29 is 4.79 Å². The van der Waals surface area contributed by atoms with Gasteiger partial charge in [0, 0.05) is 18.6 Å². The first kappa shape index (κ1) is 18.2. The van der Waals surface area contributed by atoms with Crippen molar-refractivity contribution in [1.82, 2.24) is 15.1 Å². The molecule has 0 bridgehead atoms. The Kier molecular flexibility index (Phi) is 4.13. The third kappa shape index (κ3) is 3.08. The van der Waals surface area contributed by atoms with E-state index in [2.05, 4.69) is 65.4 Å². The number of hydrogen-bond donors (Lipinski definition) is 1. The number of amides is 1. The first-order valence-electron chi connectivity index (χ1n) is 9.71. The Balaban J connectivity index is 1.52. The van der Waals surface area contributed by atoms with Gasteiger partial charge in [-0.1, -0.05) is 44.2 Å². The molecule has 3 aromatic rings. The molecule has 1 fully saturated rings. The van der Waals surface area contributed by atoms with Gasteiger partial charge in [0.05, 0.1) is 16.5 Å². The molecule has 1 N–H and O–H groups in total. The Morgan fingerprint density at radius 3 is 2.93 bits per heavy atom. The maximum absolute atomic E-state index is 11.6. The molecular weight excluding hydrogens is 380 g/mol. The smallest absolute Gasteiger partial charge is 0.289 e. The number of carbonyl (C=O) groups excluding carboxylic acids is 1. The van der Waals surface area contributed by atoms with E-state index in [1.807, 2.05) is 18.2 Å². The molecule has 1 saturated heterocycles. The molecule has 0 spiro atoms. The number of rotatable bonds is 2. The number of carbonyl (C=O) groups is 1. The molecule has 1 atom stereocenters. The van der Waals surface area contributed by atoms with Crippen molar-refractivity contribution in [3.63, 3.8) is 0 Å². The zero-order valence-corrected chi connectivity index (χ0v) is 17.5. The van der Waals surface area contributed by atoms with Gasteiger partial charge in [-0.25, -0.2) is 0 Å². The fourth-order valence-corrected chi connectivity index (χ4v) is 5.18. The van der Waals surface area contributed by atoms with Crippen molar-refractivity contribution in [3.8, 4) is 0 Å². The van der Waals surface area contributed by atoms with Crippen molar-refractivity contribution in [2.24, 2.45) is 4.99 Å². The summed E-state index contributed by atoms with van der Waals surface area (Å²) in [6.07, 6.45) is 5.17. The van der Waals surface area contributed by atoms with Crippen LogP contribution in [0.2, 0.25) is 0 Å². The van der Waals surface area contributed by atoms with Gasteiger partial charge in [0.25, 0.3) is 5.24 Å². The van der Waals surface area contributed by atoms with Crippen LogP contribution in [-0.4, -0.2) is 27.9 Å². The molecule has 2 aliphatic rings. The minimum Gasteiger partial charge on any atom is -0.300 e. The average molecular weight is 403 g/mol. The van der Waals surface area contributed by atoms with Gasteiger partial charge < -0.3 is 5.32 Å². The minimum absolute atomic E-state index is 0.0896. The molecule has 0 radical (unpaired) electrons. The lowest BCUT2D eigenvalue weighted by atomic mass is 9.86. The molecule has 2 aromatic carbocycles. The van der Waals surface area contributed by atoms with Crippen molar-refractivity contribution in [2.45, 2.75) is 31.7 Å². The first-order valence-corrected chi connectivity index (χ1v) is 10.5.